The third-order valence-corrected chi connectivity index (χ3v) is 5.37. The fraction of sp³-hybridized carbons (Fsp3) is 0.286. The SMILES string of the molecule is NC(CNC(=O)c1cccc(F)c1-c1ccc(C(F)(F)F)cc1)(C(=O)NC=O)C1(F)CC1. The minimum Gasteiger partial charge on any atom is -0.349 e. The van der Waals surface area contributed by atoms with Crippen LogP contribution in [-0.2, 0) is 15.8 Å². The highest BCUT2D eigenvalue weighted by Crippen LogP contribution is 2.47. The molecule has 0 aliphatic heterocycles. The maximum atomic E-state index is 14.7. The molecule has 2 aromatic rings. The van der Waals surface area contributed by atoms with Crippen LogP contribution in [0.1, 0.15) is 28.8 Å². The molecule has 6 nitrogen and oxygen atoms in total. The highest BCUT2D eigenvalue weighted by molar-refractivity contribution is 6.02. The molecule has 3 amide bonds. The molecular formula is C21H18F5N3O3. The van der Waals surface area contributed by atoms with Crippen LogP contribution in [0.15, 0.2) is 42.5 Å². The van der Waals surface area contributed by atoms with Gasteiger partial charge in [-0.3, -0.25) is 19.7 Å². The Kier molecular flexibility index (Phi) is 6.05. The fourth-order valence-electron chi connectivity index (χ4n) is 3.33. The van der Waals surface area contributed by atoms with Crippen LogP contribution < -0.4 is 16.4 Å². The highest BCUT2D eigenvalue weighted by atomic mass is 19.4. The van der Waals surface area contributed by atoms with Gasteiger partial charge < -0.3 is 11.1 Å². The largest absolute Gasteiger partial charge is 0.416 e. The number of rotatable bonds is 7. The van der Waals surface area contributed by atoms with Crippen molar-refractivity contribution in [3.05, 3.63) is 59.4 Å². The maximum Gasteiger partial charge on any atom is 0.416 e. The number of amides is 3. The topological polar surface area (TPSA) is 101 Å². The van der Waals surface area contributed by atoms with E-state index in [1.54, 1.807) is 5.32 Å². The Balaban J connectivity index is 1.89. The normalized spacial score (nSPS) is 16.6. The summed E-state index contributed by atoms with van der Waals surface area (Å²) in [5.41, 5.74) is 0.0294. The number of hydrogen-bond acceptors (Lipinski definition) is 4. The van der Waals surface area contributed by atoms with Crippen LogP contribution in [-0.4, -0.2) is 36.0 Å². The van der Waals surface area contributed by atoms with Gasteiger partial charge >= 0.3 is 6.18 Å². The van der Waals surface area contributed by atoms with Crippen molar-refractivity contribution in [2.24, 2.45) is 5.73 Å². The third-order valence-electron chi connectivity index (χ3n) is 5.37. The first-order chi connectivity index (χ1) is 14.9. The molecular weight excluding hydrogens is 437 g/mol. The Labute approximate surface area is 179 Å². The van der Waals surface area contributed by atoms with Gasteiger partial charge in [-0.15, -0.1) is 0 Å². The molecule has 0 spiro atoms. The molecule has 1 aliphatic rings. The van der Waals surface area contributed by atoms with Crippen LogP contribution in [0.2, 0.25) is 0 Å². The first kappa shape index (κ1) is 23.3. The van der Waals surface area contributed by atoms with E-state index in [9.17, 15) is 36.3 Å². The summed E-state index contributed by atoms with van der Waals surface area (Å²) in [5, 5.41) is 4.04. The lowest BCUT2D eigenvalue weighted by atomic mass is 9.90. The van der Waals surface area contributed by atoms with Gasteiger partial charge in [0.15, 0.2) is 0 Å². The Bertz CT molecular complexity index is 1050. The Morgan fingerprint density at radius 1 is 1.09 bits per heavy atom. The van der Waals surface area contributed by atoms with Crippen molar-refractivity contribution in [3.63, 3.8) is 0 Å². The number of alkyl halides is 4. The first-order valence-electron chi connectivity index (χ1n) is 9.40. The first-order valence-corrected chi connectivity index (χ1v) is 9.40. The van der Waals surface area contributed by atoms with Crippen molar-refractivity contribution >= 4 is 18.2 Å². The lowest BCUT2D eigenvalue weighted by Crippen LogP contribution is -2.66. The van der Waals surface area contributed by atoms with Crippen molar-refractivity contribution in [3.8, 4) is 11.1 Å². The maximum absolute atomic E-state index is 14.7. The van der Waals surface area contributed by atoms with Gasteiger partial charge in [0.2, 0.25) is 6.41 Å². The Morgan fingerprint density at radius 3 is 2.25 bits per heavy atom. The Morgan fingerprint density at radius 2 is 1.72 bits per heavy atom. The van der Waals surface area contributed by atoms with Gasteiger partial charge in [0.1, 0.15) is 17.0 Å². The molecule has 0 radical (unpaired) electrons. The van der Waals surface area contributed by atoms with Crippen LogP contribution in [0.25, 0.3) is 11.1 Å². The van der Waals surface area contributed by atoms with E-state index in [-0.39, 0.29) is 35.9 Å². The van der Waals surface area contributed by atoms with Crippen LogP contribution in [0.3, 0.4) is 0 Å². The summed E-state index contributed by atoms with van der Waals surface area (Å²) in [6.45, 7) is -0.703. The predicted molar refractivity (Wildman–Crippen MR) is 103 cm³/mol. The fourth-order valence-corrected chi connectivity index (χ4v) is 3.33. The minimum absolute atomic E-state index is 0.00288. The number of halogens is 5. The molecule has 2 aromatic carbocycles. The standard InChI is InChI=1S/C21H18F5N3O3/c22-15-3-1-2-14(16(15)12-4-6-13(7-5-12)21(24,25)26)17(31)28-10-20(27,18(32)29-11-30)19(23)8-9-19/h1-7,11H,8-10,27H2,(H,28,31)(H,29,30,32). The molecule has 0 bridgehead atoms. The smallest absolute Gasteiger partial charge is 0.349 e. The molecule has 0 aromatic heterocycles. The number of carbonyl (C=O) groups excluding carboxylic acids is 3. The van der Waals surface area contributed by atoms with Crippen LogP contribution >= 0.6 is 0 Å². The summed E-state index contributed by atoms with van der Waals surface area (Å²) in [6.07, 6.45) is -4.66. The molecule has 11 heteroatoms. The van der Waals surface area contributed by atoms with Gasteiger partial charge in [0.25, 0.3) is 11.8 Å². The second kappa shape index (κ2) is 8.30. The lowest BCUT2D eigenvalue weighted by molar-refractivity contribution is -0.137. The van der Waals surface area contributed by atoms with Gasteiger partial charge in [-0.25, -0.2) is 8.78 Å². The van der Waals surface area contributed by atoms with E-state index in [0.29, 0.717) is 0 Å². The van der Waals surface area contributed by atoms with Crippen molar-refractivity contribution in [2.45, 2.75) is 30.2 Å². The predicted octanol–water partition coefficient (Wildman–Crippen LogP) is 2.71. The molecule has 1 unspecified atom stereocenters. The molecule has 0 heterocycles. The molecule has 1 saturated carbocycles. The molecule has 0 saturated heterocycles. The average molecular weight is 455 g/mol. The van der Waals surface area contributed by atoms with Crippen LogP contribution in [0.4, 0.5) is 22.0 Å². The van der Waals surface area contributed by atoms with E-state index in [4.69, 9.17) is 5.73 Å². The van der Waals surface area contributed by atoms with Gasteiger partial charge in [-0.1, -0.05) is 18.2 Å². The Hall–Kier alpha value is -3.34. The van der Waals surface area contributed by atoms with E-state index in [1.807, 2.05) is 0 Å². The van der Waals surface area contributed by atoms with Gasteiger partial charge in [0, 0.05) is 12.1 Å². The minimum atomic E-state index is -4.59. The lowest BCUT2D eigenvalue weighted by Gasteiger charge is -2.31. The third kappa shape index (κ3) is 4.33. The van der Waals surface area contributed by atoms with E-state index < -0.39 is 47.1 Å². The summed E-state index contributed by atoms with van der Waals surface area (Å²) in [4.78, 5) is 35.5. The second-order valence-corrected chi connectivity index (χ2v) is 7.45. The van der Waals surface area contributed by atoms with Crippen molar-refractivity contribution in [1.82, 2.24) is 10.6 Å². The van der Waals surface area contributed by atoms with Gasteiger partial charge in [-0.2, -0.15) is 13.2 Å². The van der Waals surface area contributed by atoms with Crippen LogP contribution in [0, 0.1) is 5.82 Å². The number of hydrogen-bond donors (Lipinski definition) is 3. The number of benzene rings is 2. The molecule has 1 fully saturated rings. The summed E-state index contributed by atoms with van der Waals surface area (Å²) in [6, 6.07) is 6.99. The molecule has 4 N–H and O–H groups in total. The van der Waals surface area contributed by atoms with Gasteiger partial charge in [0.05, 0.1) is 11.1 Å². The number of carbonyl (C=O) groups is 3. The van der Waals surface area contributed by atoms with E-state index in [2.05, 4.69) is 5.32 Å². The van der Waals surface area contributed by atoms with Gasteiger partial charge in [-0.05, 0) is 42.7 Å². The van der Waals surface area contributed by atoms with Crippen molar-refractivity contribution in [2.75, 3.05) is 6.54 Å². The zero-order valence-electron chi connectivity index (χ0n) is 16.4. The number of imide groups is 1. The number of nitrogens with one attached hydrogen (secondary N) is 2. The zero-order chi connectivity index (χ0) is 23.7. The molecule has 1 atom stereocenters. The summed E-state index contributed by atoms with van der Waals surface area (Å²) >= 11 is 0. The van der Waals surface area contributed by atoms with Crippen molar-refractivity contribution in [1.29, 1.82) is 0 Å². The zero-order valence-corrected chi connectivity index (χ0v) is 16.4. The average Bonchev–Trinajstić information content (AvgIpc) is 3.50. The summed E-state index contributed by atoms with van der Waals surface area (Å²) in [5.74, 6) is -2.94. The molecule has 3 rings (SSSR count). The van der Waals surface area contributed by atoms with E-state index in [1.165, 1.54) is 12.1 Å². The second-order valence-electron chi connectivity index (χ2n) is 7.45. The molecule has 170 valence electrons. The number of nitrogens with two attached hydrogens (primary N) is 1. The molecule has 1 aliphatic carbocycles. The highest BCUT2D eigenvalue weighted by Gasteiger charge is 2.63. The molecule has 32 heavy (non-hydrogen) atoms. The van der Waals surface area contributed by atoms with E-state index >= 15 is 0 Å². The summed E-state index contributed by atoms with van der Waals surface area (Å²) < 4.78 is 67.7. The van der Waals surface area contributed by atoms with E-state index in [0.717, 1.165) is 30.3 Å². The summed E-state index contributed by atoms with van der Waals surface area (Å²) in [7, 11) is 0. The van der Waals surface area contributed by atoms with Crippen LogP contribution in [0.5, 0.6) is 0 Å². The quantitative estimate of drug-likeness (QED) is 0.442. The van der Waals surface area contributed by atoms with Crippen molar-refractivity contribution < 1.29 is 36.3 Å². The monoisotopic (exact) mass is 455 g/mol.